The second kappa shape index (κ2) is 5.76. The van der Waals surface area contributed by atoms with Gasteiger partial charge in [-0.2, -0.15) is 0 Å². The molecule has 3 nitrogen and oxygen atoms in total. The number of benzene rings is 2. The van der Waals surface area contributed by atoms with Crippen molar-refractivity contribution in [3.05, 3.63) is 59.7 Å². The molecule has 0 aliphatic rings. The van der Waals surface area contributed by atoms with E-state index in [2.05, 4.69) is 5.32 Å². The normalized spacial score (nSPS) is 11.9. The van der Waals surface area contributed by atoms with Gasteiger partial charge in [-0.1, -0.05) is 36.4 Å². The van der Waals surface area contributed by atoms with E-state index in [1.54, 1.807) is 24.3 Å². The van der Waals surface area contributed by atoms with Crippen LogP contribution >= 0.6 is 11.6 Å². The van der Waals surface area contributed by atoms with Crippen LogP contribution in [0.4, 0.5) is 5.69 Å². The number of halogens is 1. The smallest absolute Gasteiger partial charge is 0.247 e. The Kier molecular flexibility index (Phi) is 4.07. The third-order valence-corrected chi connectivity index (χ3v) is 3.18. The van der Waals surface area contributed by atoms with E-state index in [0.717, 1.165) is 5.56 Å². The van der Waals surface area contributed by atoms with Crippen molar-refractivity contribution in [2.45, 2.75) is 12.3 Å². The molecule has 0 spiro atoms. The van der Waals surface area contributed by atoms with Crippen LogP contribution in [0.5, 0.6) is 5.75 Å². The summed E-state index contributed by atoms with van der Waals surface area (Å²) in [5, 5.41) is 11.5. The molecule has 0 saturated heterocycles. The second-order valence-corrected chi connectivity index (χ2v) is 4.72. The largest absolute Gasteiger partial charge is 0.506 e. The van der Waals surface area contributed by atoms with Crippen LogP contribution in [0.25, 0.3) is 0 Å². The average molecular weight is 276 g/mol. The number of hydrogen-bond acceptors (Lipinski definition) is 2. The molecule has 1 amide bonds. The first-order valence-corrected chi connectivity index (χ1v) is 6.31. The van der Waals surface area contributed by atoms with E-state index < -0.39 is 5.38 Å². The maximum Gasteiger partial charge on any atom is 0.247 e. The molecule has 0 heterocycles. The van der Waals surface area contributed by atoms with E-state index in [0.29, 0.717) is 11.3 Å². The zero-order valence-electron chi connectivity index (χ0n) is 10.4. The Morgan fingerprint density at radius 1 is 1.21 bits per heavy atom. The summed E-state index contributed by atoms with van der Waals surface area (Å²) in [5.74, 6) is -0.343. The minimum atomic E-state index is -0.791. The minimum absolute atomic E-state index is 0.0240. The molecule has 1 unspecified atom stereocenters. The summed E-state index contributed by atoms with van der Waals surface area (Å²) < 4.78 is 0. The Balaban J connectivity index is 2.15. The van der Waals surface area contributed by atoms with Gasteiger partial charge in [-0.05, 0) is 30.2 Å². The highest BCUT2D eigenvalue weighted by Crippen LogP contribution is 2.27. The van der Waals surface area contributed by atoms with Gasteiger partial charge in [-0.15, -0.1) is 11.6 Å². The molecule has 0 aliphatic carbocycles. The minimum Gasteiger partial charge on any atom is -0.506 e. The van der Waals surface area contributed by atoms with Crippen LogP contribution in [-0.4, -0.2) is 11.0 Å². The fraction of sp³-hybridized carbons (Fsp3) is 0.133. The molecule has 2 N–H and O–H groups in total. The summed E-state index contributed by atoms with van der Waals surface area (Å²) in [6.45, 7) is 1.88. The Hall–Kier alpha value is -2.00. The third kappa shape index (κ3) is 3.26. The van der Waals surface area contributed by atoms with Crippen LogP contribution in [0, 0.1) is 6.92 Å². The number of nitrogens with one attached hydrogen (secondary N) is 1. The molecule has 0 fully saturated rings. The van der Waals surface area contributed by atoms with Crippen molar-refractivity contribution >= 4 is 23.2 Å². The highest BCUT2D eigenvalue weighted by atomic mass is 35.5. The van der Waals surface area contributed by atoms with Crippen molar-refractivity contribution in [2.75, 3.05) is 5.32 Å². The van der Waals surface area contributed by atoms with E-state index in [-0.39, 0.29) is 11.7 Å². The van der Waals surface area contributed by atoms with Gasteiger partial charge in [0.15, 0.2) is 0 Å². The van der Waals surface area contributed by atoms with Crippen LogP contribution in [0.1, 0.15) is 16.5 Å². The van der Waals surface area contributed by atoms with E-state index in [1.807, 2.05) is 25.1 Å². The maximum atomic E-state index is 12.0. The standard InChI is InChI=1S/C15H14ClNO2/c1-10-7-8-13(18)12(9-10)17-15(19)14(16)11-5-3-2-4-6-11/h2-9,14,18H,1H3,(H,17,19). The third-order valence-electron chi connectivity index (χ3n) is 2.73. The SMILES string of the molecule is Cc1ccc(O)c(NC(=O)C(Cl)c2ccccc2)c1. The average Bonchev–Trinajstić information content (AvgIpc) is 2.43. The summed E-state index contributed by atoms with van der Waals surface area (Å²) in [5.41, 5.74) is 2.03. The molecule has 98 valence electrons. The summed E-state index contributed by atoms with van der Waals surface area (Å²) in [4.78, 5) is 12.0. The lowest BCUT2D eigenvalue weighted by Crippen LogP contribution is -2.17. The molecule has 2 aromatic carbocycles. The van der Waals surface area contributed by atoms with Gasteiger partial charge in [0.05, 0.1) is 5.69 Å². The molecule has 0 saturated carbocycles. The maximum absolute atomic E-state index is 12.0. The van der Waals surface area contributed by atoms with Gasteiger partial charge in [0.2, 0.25) is 5.91 Å². The van der Waals surface area contributed by atoms with Crippen molar-refractivity contribution in [2.24, 2.45) is 0 Å². The summed E-state index contributed by atoms with van der Waals surface area (Å²) in [6, 6.07) is 14.1. The Morgan fingerprint density at radius 2 is 1.89 bits per heavy atom. The molecule has 2 rings (SSSR count). The predicted octanol–water partition coefficient (Wildman–Crippen LogP) is 3.62. The van der Waals surface area contributed by atoms with Crippen LogP contribution in [-0.2, 0) is 4.79 Å². The van der Waals surface area contributed by atoms with Crippen molar-refractivity contribution in [3.8, 4) is 5.75 Å². The lowest BCUT2D eigenvalue weighted by atomic mass is 10.1. The number of amides is 1. The van der Waals surface area contributed by atoms with E-state index in [9.17, 15) is 9.90 Å². The van der Waals surface area contributed by atoms with Crippen molar-refractivity contribution in [1.29, 1.82) is 0 Å². The molecular formula is C15H14ClNO2. The molecule has 0 bridgehead atoms. The first kappa shape index (κ1) is 13.4. The van der Waals surface area contributed by atoms with Crippen LogP contribution in [0.3, 0.4) is 0 Å². The van der Waals surface area contributed by atoms with E-state index in [1.165, 1.54) is 6.07 Å². The number of aromatic hydroxyl groups is 1. The molecule has 0 aromatic heterocycles. The number of phenols is 1. The number of carbonyl (C=O) groups excluding carboxylic acids is 1. The second-order valence-electron chi connectivity index (χ2n) is 4.28. The zero-order chi connectivity index (χ0) is 13.8. The topological polar surface area (TPSA) is 49.3 Å². The van der Waals surface area contributed by atoms with E-state index >= 15 is 0 Å². The molecule has 19 heavy (non-hydrogen) atoms. The molecule has 1 atom stereocenters. The molecular weight excluding hydrogens is 262 g/mol. The predicted molar refractivity (Wildman–Crippen MR) is 76.5 cm³/mol. The van der Waals surface area contributed by atoms with E-state index in [4.69, 9.17) is 11.6 Å². The van der Waals surface area contributed by atoms with Gasteiger partial charge >= 0.3 is 0 Å². The number of alkyl halides is 1. The van der Waals surface area contributed by atoms with Gasteiger partial charge in [-0.3, -0.25) is 4.79 Å². The van der Waals surface area contributed by atoms with Crippen LogP contribution in [0.15, 0.2) is 48.5 Å². The highest BCUT2D eigenvalue weighted by Gasteiger charge is 2.18. The zero-order valence-corrected chi connectivity index (χ0v) is 11.2. The lowest BCUT2D eigenvalue weighted by Gasteiger charge is -2.12. The number of rotatable bonds is 3. The van der Waals surface area contributed by atoms with Crippen molar-refractivity contribution < 1.29 is 9.90 Å². The number of hydrogen-bond donors (Lipinski definition) is 2. The Morgan fingerprint density at radius 3 is 2.58 bits per heavy atom. The molecule has 2 aromatic rings. The fourth-order valence-electron chi connectivity index (χ4n) is 1.72. The number of phenolic OH excluding ortho intramolecular Hbond substituents is 1. The number of anilines is 1. The first-order chi connectivity index (χ1) is 9.08. The summed E-state index contributed by atoms with van der Waals surface area (Å²) in [6.07, 6.45) is 0. The Labute approximate surface area is 116 Å². The first-order valence-electron chi connectivity index (χ1n) is 5.87. The molecule has 0 radical (unpaired) electrons. The lowest BCUT2D eigenvalue weighted by molar-refractivity contribution is -0.116. The fourth-order valence-corrected chi connectivity index (χ4v) is 1.92. The summed E-state index contributed by atoms with van der Waals surface area (Å²) in [7, 11) is 0. The van der Waals surface area contributed by atoms with Gasteiger partial charge in [0.1, 0.15) is 11.1 Å². The van der Waals surface area contributed by atoms with Crippen LogP contribution < -0.4 is 5.32 Å². The van der Waals surface area contributed by atoms with Crippen molar-refractivity contribution in [1.82, 2.24) is 0 Å². The Bertz CT molecular complexity index is 584. The number of carbonyl (C=O) groups is 1. The van der Waals surface area contributed by atoms with Gasteiger partial charge in [-0.25, -0.2) is 0 Å². The van der Waals surface area contributed by atoms with Crippen LogP contribution in [0.2, 0.25) is 0 Å². The quantitative estimate of drug-likeness (QED) is 0.664. The molecule has 0 aliphatic heterocycles. The van der Waals surface area contributed by atoms with Gasteiger partial charge in [0.25, 0.3) is 0 Å². The van der Waals surface area contributed by atoms with Crippen molar-refractivity contribution in [3.63, 3.8) is 0 Å². The van der Waals surface area contributed by atoms with Gasteiger partial charge < -0.3 is 10.4 Å². The molecule has 4 heteroatoms. The number of aryl methyl sites for hydroxylation is 1. The summed E-state index contributed by atoms with van der Waals surface area (Å²) >= 11 is 6.11. The highest BCUT2D eigenvalue weighted by molar-refractivity contribution is 6.32. The monoisotopic (exact) mass is 275 g/mol. The van der Waals surface area contributed by atoms with Gasteiger partial charge in [0, 0.05) is 0 Å².